The van der Waals surface area contributed by atoms with Crippen LogP contribution in [-0.4, -0.2) is 9.13 Å². The molecule has 0 saturated heterocycles. The molecule has 0 N–H and O–H groups in total. The van der Waals surface area contributed by atoms with Gasteiger partial charge in [-0.2, -0.15) is 10.5 Å². The zero-order valence-electron chi connectivity index (χ0n) is 39.4. The molecule has 0 saturated carbocycles. The highest BCUT2D eigenvalue weighted by Crippen LogP contribution is 2.44. The van der Waals surface area contributed by atoms with Crippen LogP contribution in [-0.2, 0) is 0 Å². The van der Waals surface area contributed by atoms with E-state index in [2.05, 4.69) is 231 Å². The summed E-state index contributed by atoms with van der Waals surface area (Å²) in [4.78, 5) is 0. The molecule has 4 nitrogen and oxygen atoms in total. The van der Waals surface area contributed by atoms with Crippen LogP contribution in [0.5, 0.6) is 0 Å². The van der Waals surface area contributed by atoms with Crippen LogP contribution in [0.3, 0.4) is 0 Å². The normalized spacial score (nSPS) is 11.4. The van der Waals surface area contributed by atoms with Gasteiger partial charge < -0.3 is 9.13 Å². The Balaban J connectivity index is 1.20. The number of rotatable bonds is 7. The number of hydrogen-bond donors (Lipinski definition) is 0. The fourth-order valence-corrected chi connectivity index (χ4v) is 10.9. The summed E-state index contributed by atoms with van der Waals surface area (Å²) in [6, 6.07) is 78.2. The average molecular weight is 895 g/mol. The predicted molar refractivity (Wildman–Crippen MR) is 291 cm³/mol. The number of nitrogens with zero attached hydrogens (tertiary/aromatic N) is 4. The molecular formula is C66H46N4. The van der Waals surface area contributed by atoms with Crippen molar-refractivity contribution in [1.29, 1.82) is 10.5 Å². The highest BCUT2D eigenvalue weighted by molar-refractivity contribution is 6.14. The molecule has 0 aliphatic rings. The molecule has 0 radical (unpaired) electrons. The van der Waals surface area contributed by atoms with E-state index in [-0.39, 0.29) is 0 Å². The second kappa shape index (κ2) is 16.8. The minimum absolute atomic E-state index is 0.521. The van der Waals surface area contributed by atoms with Crippen molar-refractivity contribution >= 4 is 43.6 Å². The molecule has 0 aliphatic carbocycles. The highest BCUT2D eigenvalue weighted by atomic mass is 15.0. The van der Waals surface area contributed by atoms with Crippen molar-refractivity contribution in [2.24, 2.45) is 0 Å². The van der Waals surface area contributed by atoms with Gasteiger partial charge in [0, 0.05) is 21.5 Å². The van der Waals surface area contributed by atoms with Gasteiger partial charge in [-0.15, -0.1) is 0 Å². The molecule has 0 aliphatic heterocycles. The van der Waals surface area contributed by atoms with Crippen molar-refractivity contribution in [3.63, 3.8) is 0 Å². The van der Waals surface area contributed by atoms with Crippen LogP contribution in [0, 0.1) is 50.4 Å². The minimum atomic E-state index is 0.521. The fraction of sp³-hybridized carbons (Fsp3) is 0.0606. The Morgan fingerprint density at radius 3 is 0.900 bits per heavy atom. The number of fused-ring (bicyclic) bond motifs is 6. The summed E-state index contributed by atoms with van der Waals surface area (Å²) >= 11 is 0. The van der Waals surface area contributed by atoms with E-state index in [1.165, 1.54) is 44.5 Å². The predicted octanol–water partition coefficient (Wildman–Crippen LogP) is 17.2. The highest BCUT2D eigenvalue weighted by Gasteiger charge is 2.25. The lowest BCUT2D eigenvalue weighted by Crippen LogP contribution is -2.05. The summed E-state index contributed by atoms with van der Waals surface area (Å²) < 4.78 is 4.55. The summed E-state index contributed by atoms with van der Waals surface area (Å²) in [7, 11) is 0. The van der Waals surface area contributed by atoms with E-state index in [4.69, 9.17) is 0 Å². The largest absolute Gasteiger partial charge is 0.308 e. The summed E-state index contributed by atoms with van der Waals surface area (Å²) in [5, 5.41) is 26.8. The zero-order valence-corrected chi connectivity index (χ0v) is 39.4. The molecule has 2 heterocycles. The summed E-state index contributed by atoms with van der Waals surface area (Å²) in [5.41, 5.74) is 22.2. The Kier molecular flexibility index (Phi) is 10.1. The molecule has 12 rings (SSSR count). The van der Waals surface area contributed by atoms with Gasteiger partial charge in [-0.3, -0.25) is 0 Å². The molecule has 0 atom stereocenters. The number of aromatic nitrogens is 2. The Hall–Kier alpha value is -9.22. The van der Waals surface area contributed by atoms with Gasteiger partial charge in [0.05, 0.1) is 45.1 Å². The summed E-state index contributed by atoms with van der Waals surface area (Å²) in [6.45, 7) is 8.64. The first-order valence-electron chi connectivity index (χ1n) is 23.8. The van der Waals surface area contributed by atoms with Gasteiger partial charge in [0.15, 0.2) is 0 Å². The maximum atomic E-state index is 11.8. The third-order valence-electron chi connectivity index (χ3n) is 14.4. The molecule has 70 heavy (non-hydrogen) atoms. The van der Waals surface area contributed by atoms with Crippen LogP contribution in [0.2, 0.25) is 0 Å². The van der Waals surface area contributed by atoms with Crippen LogP contribution in [0.1, 0.15) is 33.4 Å². The Morgan fingerprint density at radius 1 is 0.300 bits per heavy atom. The third kappa shape index (κ3) is 6.81. The van der Waals surface area contributed by atoms with Crippen LogP contribution in [0.15, 0.2) is 206 Å². The van der Waals surface area contributed by atoms with Crippen LogP contribution < -0.4 is 0 Å². The van der Waals surface area contributed by atoms with Gasteiger partial charge in [-0.1, -0.05) is 140 Å². The monoisotopic (exact) mass is 894 g/mol. The SMILES string of the molecule is Cc1ccccc1-c1ccc2c(c1)c1cc(-c3ccccc3C)ccc1n2-c1cc(-c2ccccc2C#N)cc(-n2c3ccc(-c4ccccc4C)cc3c3cc(-c4ccccc4C)ccc32)c1C#N. The van der Waals surface area contributed by atoms with E-state index >= 15 is 0 Å². The molecule has 0 amide bonds. The van der Waals surface area contributed by atoms with Crippen molar-refractivity contribution in [3.8, 4) is 79.1 Å². The lowest BCUT2D eigenvalue weighted by Gasteiger charge is -2.19. The van der Waals surface area contributed by atoms with E-state index in [1.807, 2.05) is 24.3 Å². The van der Waals surface area contributed by atoms with Crippen molar-refractivity contribution in [3.05, 3.63) is 240 Å². The maximum Gasteiger partial charge on any atom is 0.104 e. The first kappa shape index (κ1) is 42.2. The van der Waals surface area contributed by atoms with E-state index in [1.54, 1.807) is 0 Å². The zero-order chi connectivity index (χ0) is 47.6. The Bertz CT molecular complexity index is 3760. The van der Waals surface area contributed by atoms with E-state index in [9.17, 15) is 10.5 Å². The number of aryl methyl sites for hydroxylation is 4. The van der Waals surface area contributed by atoms with Crippen LogP contribution in [0.4, 0.5) is 0 Å². The quantitative estimate of drug-likeness (QED) is 0.160. The molecule has 0 fully saturated rings. The summed E-state index contributed by atoms with van der Waals surface area (Å²) in [5.74, 6) is 0. The van der Waals surface area contributed by atoms with E-state index in [0.717, 1.165) is 88.4 Å². The second-order valence-corrected chi connectivity index (χ2v) is 18.5. The van der Waals surface area contributed by atoms with Gasteiger partial charge in [0.1, 0.15) is 11.6 Å². The van der Waals surface area contributed by atoms with Gasteiger partial charge in [0.2, 0.25) is 0 Å². The molecule has 0 bridgehead atoms. The molecular weight excluding hydrogens is 849 g/mol. The molecule has 4 heteroatoms. The van der Waals surface area contributed by atoms with Crippen molar-refractivity contribution in [2.75, 3.05) is 0 Å². The molecule has 12 aromatic rings. The topological polar surface area (TPSA) is 57.4 Å². The molecule has 2 aromatic heterocycles. The molecule has 330 valence electrons. The number of nitriles is 2. The number of hydrogen-bond acceptors (Lipinski definition) is 2. The fourth-order valence-electron chi connectivity index (χ4n) is 10.9. The van der Waals surface area contributed by atoms with Gasteiger partial charge in [0.25, 0.3) is 0 Å². The maximum absolute atomic E-state index is 11.8. The van der Waals surface area contributed by atoms with Gasteiger partial charge in [-0.05, 0) is 172 Å². The third-order valence-corrected chi connectivity index (χ3v) is 14.4. The first-order chi connectivity index (χ1) is 34.3. The smallest absolute Gasteiger partial charge is 0.104 e. The minimum Gasteiger partial charge on any atom is -0.308 e. The van der Waals surface area contributed by atoms with Gasteiger partial charge in [-0.25, -0.2) is 0 Å². The second-order valence-electron chi connectivity index (χ2n) is 18.5. The number of benzene rings is 10. The molecule has 10 aromatic carbocycles. The molecule has 0 unspecified atom stereocenters. The average Bonchev–Trinajstić information content (AvgIpc) is 3.90. The first-order valence-corrected chi connectivity index (χ1v) is 23.8. The Labute approximate surface area is 407 Å². The van der Waals surface area contributed by atoms with Crippen molar-refractivity contribution < 1.29 is 0 Å². The molecule has 0 spiro atoms. The van der Waals surface area contributed by atoms with E-state index in [0.29, 0.717) is 11.1 Å². The van der Waals surface area contributed by atoms with Crippen molar-refractivity contribution in [2.45, 2.75) is 27.7 Å². The van der Waals surface area contributed by atoms with Crippen LogP contribution >= 0.6 is 0 Å². The van der Waals surface area contributed by atoms with Crippen molar-refractivity contribution in [1.82, 2.24) is 9.13 Å². The van der Waals surface area contributed by atoms with Gasteiger partial charge >= 0.3 is 0 Å². The lowest BCUT2D eigenvalue weighted by molar-refractivity contribution is 1.12. The standard InChI is InChI=1S/C66H46N4/c1-41-15-5-10-20-51(41)45-25-29-61-56(33-45)57-34-46(52-21-11-6-16-42(52)2)26-30-62(57)69(61)65-37-50(55-24-14-9-19-49(55)39-67)38-66(60(65)40-68)70-63-31-27-47(53-22-12-7-17-43(53)3)35-58(63)59-36-48(28-32-64(59)70)54-23-13-8-18-44(54)4/h5-38H,1-4H3. The van der Waals surface area contributed by atoms with Crippen LogP contribution in [0.25, 0.3) is 111 Å². The Morgan fingerprint density at radius 2 is 0.600 bits per heavy atom. The summed E-state index contributed by atoms with van der Waals surface area (Å²) in [6.07, 6.45) is 0. The van der Waals surface area contributed by atoms with E-state index < -0.39 is 0 Å². The lowest BCUT2D eigenvalue weighted by atomic mass is 9.96.